The second kappa shape index (κ2) is 11.1. The number of nitrogens with zero attached hydrogens (tertiary/aromatic N) is 1. The summed E-state index contributed by atoms with van der Waals surface area (Å²) in [5.41, 5.74) is 0.955. The molecule has 32 heavy (non-hydrogen) atoms. The highest BCUT2D eigenvalue weighted by Crippen LogP contribution is 2.33. The lowest BCUT2D eigenvalue weighted by atomic mass is 10.1. The summed E-state index contributed by atoms with van der Waals surface area (Å²) in [7, 11) is 0. The molecule has 0 bridgehead atoms. The first-order valence-electron chi connectivity index (χ1n) is 10.8. The van der Waals surface area contributed by atoms with Crippen LogP contribution in [0.25, 0.3) is 10.8 Å². The number of carbonyl (C=O) groups is 2. The van der Waals surface area contributed by atoms with E-state index in [2.05, 4.69) is 21.2 Å². The van der Waals surface area contributed by atoms with Crippen molar-refractivity contribution in [2.24, 2.45) is 0 Å². The molecule has 0 aliphatic rings. The molecule has 2 atom stereocenters. The van der Waals surface area contributed by atoms with Crippen LogP contribution >= 0.6 is 15.9 Å². The van der Waals surface area contributed by atoms with Gasteiger partial charge < -0.3 is 15.0 Å². The van der Waals surface area contributed by atoms with Crippen LogP contribution < -0.4 is 10.1 Å². The zero-order valence-electron chi connectivity index (χ0n) is 18.7. The molecule has 0 aromatic heterocycles. The lowest BCUT2D eigenvalue weighted by Gasteiger charge is -2.29. The van der Waals surface area contributed by atoms with Crippen LogP contribution in [0.2, 0.25) is 0 Å². The van der Waals surface area contributed by atoms with E-state index in [0.717, 1.165) is 27.2 Å². The fourth-order valence-electron chi connectivity index (χ4n) is 3.38. The average Bonchev–Trinajstić information content (AvgIpc) is 2.82. The molecule has 3 rings (SSSR count). The van der Waals surface area contributed by atoms with Gasteiger partial charge in [-0.3, -0.25) is 9.59 Å². The molecule has 0 saturated carbocycles. The maximum absolute atomic E-state index is 13.2. The molecule has 6 heteroatoms. The molecule has 0 aliphatic carbocycles. The molecule has 0 aliphatic heterocycles. The third-order valence-corrected chi connectivity index (χ3v) is 6.36. The largest absolute Gasteiger partial charge is 0.483 e. The van der Waals surface area contributed by atoms with Gasteiger partial charge in [0.15, 0.2) is 6.61 Å². The molecular weight excluding hydrogens is 468 g/mol. The van der Waals surface area contributed by atoms with Gasteiger partial charge >= 0.3 is 0 Å². The standard InChI is InChI=1S/C26H29BrN2O3/c1-4-18(2)28-26(31)19(3)29(16-20-10-6-5-7-11-20)24(30)17-32-23-15-14-21-12-8-9-13-22(21)25(23)27/h5-15,18-19H,4,16-17H2,1-3H3,(H,28,31)/t18-,19+/m1/s1. The summed E-state index contributed by atoms with van der Waals surface area (Å²) in [5, 5.41) is 5.07. The normalized spacial score (nSPS) is 12.8. The summed E-state index contributed by atoms with van der Waals surface area (Å²) in [5.74, 6) is 0.171. The molecule has 0 radical (unpaired) electrons. The molecule has 3 aromatic rings. The maximum Gasteiger partial charge on any atom is 0.261 e. The summed E-state index contributed by atoms with van der Waals surface area (Å²) in [6, 6.07) is 20.8. The third kappa shape index (κ3) is 5.88. The Morgan fingerprint density at radius 3 is 2.41 bits per heavy atom. The molecular formula is C26H29BrN2O3. The van der Waals surface area contributed by atoms with Crippen molar-refractivity contribution in [2.75, 3.05) is 6.61 Å². The first kappa shape index (κ1) is 23.8. The summed E-state index contributed by atoms with van der Waals surface area (Å²) in [4.78, 5) is 27.5. The number of amides is 2. The lowest BCUT2D eigenvalue weighted by Crippen LogP contribution is -2.50. The van der Waals surface area contributed by atoms with E-state index in [1.807, 2.05) is 80.6 Å². The first-order chi connectivity index (χ1) is 15.4. The number of rotatable bonds is 9. The van der Waals surface area contributed by atoms with E-state index in [0.29, 0.717) is 12.3 Å². The molecule has 3 aromatic carbocycles. The van der Waals surface area contributed by atoms with Crippen molar-refractivity contribution in [1.82, 2.24) is 10.2 Å². The van der Waals surface area contributed by atoms with Gasteiger partial charge in [0.25, 0.3) is 5.91 Å². The van der Waals surface area contributed by atoms with Gasteiger partial charge in [0.2, 0.25) is 5.91 Å². The fourth-order valence-corrected chi connectivity index (χ4v) is 3.98. The lowest BCUT2D eigenvalue weighted by molar-refractivity contribution is -0.142. The average molecular weight is 497 g/mol. The number of halogens is 1. The van der Waals surface area contributed by atoms with Gasteiger partial charge in [0.1, 0.15) is 11.8 Å². The molecule has 0 spiro atoms. The molecule has 0 unspecified atom stereocenters. The fraction of sp³-hybridized carbons (Fsp3) is 0.308. The van der Waals surface area contributed by atoms with E-state index in [1.54, 1.807) is 11.8 Å². The number of carbonyl (C=O) groups excluding carboxylic acids is 2. The summed E-state index contributed by atoms with van der Waals surface area (Å²) in [6.07, 6.45) is 0.824. The van der Waals surface area contributed by atoms with Gasteiger partial charge in [-0.25, -0.2) is 0 Å². The number of ether oxygens (including phenoxy) is 1. The molecule has 1 N–H and O–H groups in total. The van der Waals surface area contributed by atoms with E-state index in [1.165, 1.54) is 0 Å². The Morgan fingerprint density at radius 2 is 1.69 bits per heavy atom. The van der Waals surface area contributed by atoms with Gasteiger partial charge in [-0.05, 0) is 58.6 Å². The second-order valence-corrected chi connectivity index (χ2v) is 8.68. The highest BCUT2D eigenvalue weighted by Gasteiger charge is 2.27. The highest BCUT2D eigenvalue weighted by atomic mass is 79.9. The Labute approximate surface area is 197 Å². The number of hydrogen-bond acceptors (Lipinski definition) is 3. The van der Waals surface area contributed by atoms with Crippen LogP contribution in [0.4, 0.5) is 0 Å². The highest BCUT2D eigenvalue weighted by molar-refractivity contribution is 9.10. The van der Waals surface area contributed by atoms with Crippen LogP contribution in [0, 0.1) is 0 Å². The third-order valence-electron chi connectivity index (χ3n) is 5.54. The Kier molecular flexibility index (Phi) is 8.28. The summed E-state index contributed by atoms with van der Waals surface area (Å²) in [6.45, 7) is 5.89. The Morgan fingerprint density at radius 1 is 1.00 bits per heavy atom. The molecule has 0 saturated heterocycles. The zero-order chi connectivity index (χ0) is 23.1. The van der Waals surface area contributed by atoms with Crippen molar-refractivity contribution < 1.29 is 14.3 Å². The van der Waals surface area contributed by atoms with Crippen molar-refractivity contribution in [3.63, 3.8) is 0 Å². The van der Waals surface area contributed by atoms with Crippen LogP contribution in [-0.4, -0.2) is 35.4 Å². The number of fused-ring (bicyclic) bond motifs is 1. The van der Waals surface area contributed by atoms with Gasteiger partial charge in [-0.15, -0.1) is 0 Å². The Balaban J connectivity index is 1.77. The van der Waals surface area contributed by atoms with Crippen molar-refractivity contribution in [3.05, 3.63) is 76.8 Å². The van der Waals surface area contributed by atoms with Gasteiger partial charge in [-0.2, -0.15) is 0 Å². The minimum Gasteiger partial charge on any atom is -0.483 e. The first-order valence-corrected chi connectivity index (χ1v) is 11.6. The van der Waals surface area contributed by atoms with Gasteiger partial charge in [-0.1, -0.05) is 67.6 Å². The Hall–Kier alpha value is -2.86. The Bertz CT molecular complexity index is 1070. The predicted octanol–water partition coefficient (Wildman–Crippen LogP) is 5.31. The van der Waals surface area contributed by atoms with Crippen LogP contribution in [0.1, 0.15) is 32.8 Å². The molecule has 5 nitrogen and oxygen atoms in total. The van der Waals surface area contributed by atoms with Crippen LogP contribution in [0.15, 0.2) is 71.2 Å². The predicted molar refractivity (Wildman–Crippen MR) is 131 cm³/mol. The number of hydrogen-bond donors (Lipinski definition) is 1. The molecule has 168 valence electrons. The van der Waals surface area contributed by atoms with Crippen molar-refractivity contribution >= 4 is 38.5 Å². The maximum atomic E-state index is 13.2. The van der Waals surface area contributed by atoms with Gasteiger partial charge in [0.05, 0.1) is 4.47 Å². The second-order valence-electron chi connectivity index (χ2n) is 7.89. The SMILES string of the molecule is CC[C@@H](C)NC(=O)[C@H](C)N(Cc1ccccc1)C(=O)COc1ccc2ccccc2c1Br. The summed E-state index contributed by atoms with van der Waals surface area (Å²) < 4.78 is 6.69. The van der Waals surface area contributed by atoms with E-state index in [4.69, 9.17) is 4.74 Å². The number of nitrogens with one attached hydrogen (secondary N) is 1. The minimum absolute atomic E-state index is 0.0448. The van der Waals surface area contributed by atoms with Crippen LogP contribution in [0.3, 0.4) is 0 Å². The zero-order valence-corrected chi connectivity index (χ0v) is 20.3. The van der Waals surface area contributed by atoms with E-state index in [-0.39, 0.29) is 24.5 Å². The summed E-state index contributed by atoms with van der Waals surface area (Å²) >= 11 is 3.60. The topological polar surface area (TPSA) is 58.6 Å². The van der Waals surface area contributed by atoms with E-state index < -0.39 is 6.04 Å². The van der Waals surface area contributed by atoms with Gasteiger partial charge in [0, 0.05) is 12.6 Å². The van der Waals surface area contributed by atoms with Crippen molar-refractivity contribution in [3.8, 4) is 5.75 Å². The van der Waals surface area contributed by atoms with Crippen molar-refractivity contribution in [1.29, 1.82) is 0 Å². The monoisotopic (exact) mass is 496 g/mol. The molecule has 0 heterocycles. The van der Waals surface area contributed by atoms with Crippen LogP contribution in [0.5, 0.6) is 5.75 Å². The minimum atomic E-state index is -0.625. The quantitative estimate of drug-likeness (QED) is 0.436. The van der Waals surface area contributed by atoms with E-state index in [9.17, 15) is 9.59 Å². The van der Waals surface area contributed by atoms with E-state index >= 15 is 0 Å². The molecule has 2 amide bonds. The van der Waals surface area contributed by atoms with Crippen molar-refractivity contribution in [2.45, 2.75) is 45.8 Å². The molecule has 0 fully saturated rings. The number of benzene rings is 3. The van der Waals surface area contributed by atoms with Crippen LogP contribution in [-0.2, 0) is 16.1 Å². The smallest absolute Gasteiger partial charge is 0.261 e.